The number of urea groups is 1. The highest BCUT2D eigenvalue weighted by Crippen LogP contribution is 2.22. The number of likely N-dealkylation sites (N-methyl/N-ethyl adjacent to an activating group) is 1. The van der Waals surface area contributed by atoms with E-state index in [0.717, 1.165) is 17.0 Å². The molecule has 8 heteroatoms. The number of benzene rings is 1. The van der Waals surface area contributed by atoms with Crippen molar-refractivity contribution in [2.24, 2.45) is 0 Å². The van der Waals surface area contributed by atoms with Crippen LogP contribution in [-0.4, -0.2) is 53.8 Å². The van der Waals surface area contributed by atoms with Crippen LogP contribution in [0.1, 0.15) is 10.4 Å². The van der Waals surface area contributed by atoms with Crippen LogP contribution in [0.5, 0.6) is 5.75 Å². The lowest BCUT2D eigenvalue weighted by molar-refractivity contribution is -0.140. The number of hydrogen-bond acceptors (Lipinski definition) is 5. The van der Waals surface area contributed by atoms with E-state index >= 15 is 0 Å². The fourth-order valence-corrected chi connectivity index (χ4v) is 1.34. The number of esters is 1. The van der Waals surface area contributed by atoms with Crippen molar-refractivity contribution in [3.8, 4) is 5.75 Å². The number of rotatable bonds is 4. The number of aromatic hydroxyl groups is 1. The number of hydrogen-bond donors (Lipinski definition) is 3. The van der Waals surface area contributed by atoms with Gasteiger partial charge in [0.25, 0.3) is 0 Å². The number of carboxylic acid groups (broad SMARTS) is 1. The zero-order valence-corrected chi connectivity index (χ0v) is 10.9. The molecule has 8 nitrogen and oxygen atoms in total. The van der Waals surface area contributed by atoms with Gasteiger partial charge >= 0.3 is 18.0 Å². The van der Waals surface area contributed by atoms with Gasteiger partial charge in [-0.3, -0.25) is 4.79 Å². The summed E-state index contributed by atoms with van der Waals surface area (Å²) in [6.07, 6.45) is 0. The molecule has 0 saturated carbocycles. The molecule has 0 aliphatic heterocycles. The maximum Gasteiger partial charge on any atom is 0.339 e. The summed E-state index contributed by atoms with van der Waals surface area (Å²) in [7, 11) is 2.59. The van der Waals surface area contributed by atoms with Crippen molar-refractivity contribution in [2.75, 3.05) is 26.0 Å². The number of carbonyl (C=O) groups is 3. The van der Waals surface area contributed by atoms with Crippen molar-refractivity contribution in [1.82, 2.24) is 4.90 Å². The van der Waals surface area contributed by atoms with E-state index < -0.39 is 23.7 Å². The first-order valence-corrected chi connectivity index (χ1v) is 5.50. The van der Waals surface area contributed by atoms with E-state index in [2.05, 4.69) is 10.1 Å². The van der Waals surface area contributed by atoms with E-state index in [1.807, 2.05) is 0 Å². The Labute approximate surface area is 114 Å². The number of methoxy groups -OCH3 is 1. The van der Waals surface area contributed by atoms with Gasteiger partial charge in [-0.05, 0) is 12.1 Å². The number of anilines is 1. The first-order chi connectivity index (χ1) is 9.35. The van der Waals surface area contributed by atoms with Gasteiger partial charge in [0.05, 0.1) is 7.11 Å². The summed E-state index contributed by atoms with van der Waals surface area (Å²) in [5, 5.41) is 20.6. The second kappa shape index (κ2) is 6.41. The maximum absolute atomic E-state index is 11.7. The summed E-state index contributed by atoms with van der Waals surface area (Å²) in [4.78, 5) is 34.5. The topological polar surface area (TPSA) is 116 Å². The lowest BCUT2D eigenvalue weighted by Crippen LogP contribution is -2.35. The van der Waals surface area contributed by atoms with Gasteiger partial charge in [0.1, 0.15) is 17.9 Å². The third-order valence-electron chi connectivity index (χ3n) is 2.42. The van der Waals surface area contributed by atoms with E-state index in [1.54, 1.807) is 0 Å². The molecule has 0 bridgehead atoms. The van der Waals surface area contributed by atoms with Crippen molar-refractivity contribution in [2.45, 2.75) is 0 Å². The molecule has 1 rings (SSSR count). The minimum atomic E-state index is -1.27. The molecule has 0 unspecified atom stereocenters. The summed E-state index contributed by atoms with van der Waals surface area (Å²) in [6, 6.07) is 2.99. The highest BCUT2D eigenvalue weighted by molar-refractivity contribution is 5.94. The largest absolute Gasteiger partial charge is 0.507 e. The molecular formula is C12H14N2O6. The molecule has 0 spiro atoms. The Morgan fingerprint density at radius 2 is 2.00 bits per heavy atom. The van der Waals surface area contributed by atoms with E-state index in [0.29, 0.717) is 0 Å². The molecule has 2 amide bonds. The second-order valence-electron chi connectivity index (χ2n) is 3.90. The van der Waals surface area contributed by atoms with Gasteiger partial charge in [0, 0.05) is 18.8 Å². The average Bonchev–Trinajstić information content (AvgIpc) is 2.37. The fraction of sp³-hybridized carbons (Fsp3) is 0.250. The first kappa shape index (κ1) is 15.3. The number of aromatic carboxylic acids is 1. The van der Waals surface area contributed by atoms with E-state index in [-0.39, 0.29) is 17.8 Å². The van der Waals surface area contributed by atoms with E-state index in [4.69, 9.17) is 5.11 Å². The van der Waals surface area contributed by atoms with Crippen LogP contribution in [-0.2, 0) is 9.53 Å². The van der Waals surface area contributed by atoms with Gasteiger partial charge in [0.2, 0.25) is 0 Å². The molecule has 0 fully saturated rings. The third-order valence-corrected chi connectivity index (χ3v) is 2.42. The highest BCUT2D eigenvalue weighted by Gasteiger charge is 2.15. The molecule has 0 heterocycles. The number of ether oxygens (including phenoxy) is 1. The van der Waals surface area contributed by atoms with Crippen LogP contribution < -0.4 is 5.32 Å². The normalized spacial score (nSPS) is 9.70. The zero-order valence-electron chi connectivity index (χ0n) is 10.9. The Kier molecular flexibility index (Phi) is 4.90. The molecule has 0 saturated heterocycles. The van der Waals surface area contributed by atoms with Crippen molar-refractivity contribution in [1.29, 1.82) is 0 Å². The molecular weight excluding hydrogens is 268 g/mol. The summed E-state index contributed by atoms with van der Waals surface area (Å²) >= 11 is 0. The van der Waals surface area contributed by atoms with Crippen LogP contribution in [0.2, 0.25) is 0 Å². The van der Waals surface area contributed by atoms with Gasteiger partial charge < -0.3 is 25.2 Å². The number of nitrogens with zero attached hydrogens (tertiary/aromatic N) is 1. The monoisotopic (exact) mass is 282 g/mol. The van der Waals surface area contributed by atoms with Crippen LogP contribution in [0.25, 0.3) is 0 Å². The molecule has 3 N–H and O–H groups in total. The quantitative estimate of drug-likeness (QED) is 0.701. The number of phenols is 1. The van der Waals surface area contributed by atoms with Crippen LogP contribution >= 0.6 is 0 Å². The SMILES string of the molecule is COC(=O)CN(C)C(=O)Nc1ccc(C(=O)O)c(O)c1. The number of nitrogens with one attached hydrogen (secondary N) is 1. The molecule has 1 aromatic rings. The number of carboxylic acids is 1. The summed E-state index contributed by atoms with van der Waals surface area (Å²) in [5.74, 6) is -2.32. The van der Waals surface area contributed by atoms with Gasteiger partial charge in [0.15, 0.2) is 0 Å². The number of amides is 2. The smallest absolute Gasteiger partial charge is 0.339 e. The zero-order chi connectivity index (χ0) is 15.3. The third kappa shape index (κ3) is 3.87. The molecule has 0 radical (unpaired) electrons. The molecule has 0 aliphatic rings. The van der Waals surface area contributed by atoms with Gasteiger partial charge in [-0.1, -0.05) is 0 Å². The summed E-state index contributed by atoms with van der Waals surface area (Å²) in [6.45, 7) is -0.235. The predicted molar refractivity (Wildman–Crippen MR) is 68.7 cm³/mol. The van der Waals surface area contributed by atoms with Crippen molar-refractivity contribution < 1.29 is 29.3 Å². The molecule has 0 atom stereocenters. The Morgan fingerprint density at radius 1 is 1.35 bits per heavy atom. The van der Waals surface area contributed by atoms with Gasteiger partial charge in [-0.15, -0.1) is 0 Å². The predicted octanol–water partition coefficient (Wildman–Crippen LogP) is 0.727. The Bertz CT molecular complexity index is 543. The average molecular weight is 282 g/mol. The highest BCUT2D eigenvalue weighted by atomic mass is 16.5. The first-order valence-electron chi connectivity index (χ1n) is 5.50. The van der Waals surface area contributed by atoms with Crippen LogP contribution in [0.15, 0.2) is 18.2 Å². The van der Waals surface area contributed by atoms with Gasteiger partial charge in [-0.2, -0.15) is 0 Å². The minimum Gasteiger partial charge on any atom is -0.507 e. The molecule has 0 aromatic heterocycles. The molecule has 0 aliphatic carbocycles. The van der Waals surface area contributed by atoms with E-state index in [1.165, 1.54) is 20.2 Å². The number of carbonyl (C=O) groups excluding carboxylic acids is 2. The molecule has 1 aromatic carbocycles. The fourth-order valence-electron chi connectivity index (χ4n) is 1.34. The van der Waals surface area contributed by atoms with Crippen molar-refractivity contribution in [3.63, 3.8) is 0 Å². The van der Waals surface area contributed by atoms with Crippen LogP contribution in [0, 0.1) is 0 Å². The Hall–Kier alpha value is -2.77. The standard InChI is InChI=1S/C12H14N2O6/c1-14(6-10(16)20-2)12(19)13-7-3-4-8(11(17)18)9(15)5-7/h3-5,15H,6H2,1-2H3,(H,13,19)(H,17,18). The Balaban J connectivity index is 2.73. The lowest BCUT2D eigenvalue weighted by Gasteiger charge is -2.16. The van der Waals surface area contributed by atoms with Crippen molar-refractivity contribution >= 4 is 23.7 Å². The summed E-state index contributed by atoms with van der Waals surface area (Å²) in [5.41, 5.74) is -0.0693. The van der Waals surface area contributed by atoms with Crippen molar-refractivity contribution in [3.05, 3.63) is 23.8 Å². The lowest BCUT2D eigenvalue weighted by atomic mass is 10.2. The van der Waals surface area contributed by atoms with Crippen LogP contribution in [0.3, 0.4) is 0 Å². The van der Waals surface area contributed by atoms with E-state index in [9.17, 15) is 19.5 Å². The molecule has 20 heavy (non-hydrogen) atoms. The molecule has 108 valence electrons. The van der Waals surface area contributed by atoms with Crippen LogP contribution in [0.4, 0.5) is 10.5 Å². The summed E-state index contributed by atoms with van der Waals surface area (Å²) < 4.78 is 4.42. The minimum absolute atomic E-state index is 0.203. The second-order valence-corrected chi connectivity index (χ2v) is 3.90. The maximum atomic E-state index is 11.7. The van der Waals surface area contributed by atoms with Gasteiger partial charge in [-0.25, -0.2) is 9.59 Å². The Morgan fingerprint density at radius 3 is 2.50 bits per heavy atom.